The molecular weight excluding hydrogens is 274 g/mol. The third kappa shape index (κ3) is 2.49. The first-order valence-electron chi connectivity index (χ1n) is 5.18. The molecule has 2 N–H and O–H groups in total. The van der Waals surface area contributed by atoms with E-state index in [4.69, 9.17) is 5.73 Å². The maximum absolute atomic E-state index is 12.0. The Morgan fingerprint density at radius 1 is 1.60 bits per heavy atom. The molecule has 1 aliphatic rings. The minimum atomic E-state index is 0.0937. The highest BCUT2D eigenvalue weighted by Gasteiger charge is 2.30. The first-order chi connectivity index (χ1) is 7.18. The average molecular weight is 288 g/mol. The number of nitrogens with two attached hydrogens (primary N) is 1. The van der Waals surface area contributed by atoms with Crippen molar-refractivity contribution >= 4 is 33.0 Å². The molecule has 1 aromatic heterocycles. The molecule has 1 saturated carbocycles. The van der Waals surface area contributed by atoms with Gasteiger partial charge in [-0.1, -0.05) is 6.42 Å². The molecule has 0 spiro atoms. The van der Waals surface area contributed by atoms with Crippen LogP contribution in [-0.2, 0) is 11.2 Å². The Hall–Kier alpha value is -0.190. The normalized spacial score (nSPS) is 25.7. The molecule has 1 fully saturated rings. The van der Waals surface area contributed by atoms with Gasteiger partial charge in [-0.05, 0) is 40.2 Å². The maximum Gasteiger partial charge on any atom is 0.142 e. The van der Waals surface area contributed by atoms with E-state index in [1.54, 1.807) is 11.3 Å². The number of ketones is 1. The predicted molar refractivity (Wildman–Crippen MR) is 66.0 cm³/mol. The highest BCUT2D eigenvalue weighted by Crippen LogP contribution is 2.29. The summed E-state index contributed by atoms with van der Waals surface area (Å²) >= 11 is 5.07. The van der Waals surface area contributed by atoms with Gasteiger partial charge in [0.25, 0.3) is 0 Å². The van der Waals surface area contributed by atoms with Gasteiger partial charge in [0, 0.05) is 27.7 Å². The van der Waals surface area contributed by atoms with Gasteiger partial charge in [0.15, 0.2) is 0 Å². The van der Waals surface area contributed by atoms with Crippen molar-refractivity contribution in [1.82, 2.24) is 0 Å². The Labute approximate surface area is 102 Å². The topological polar surface area (TPSA) is 43.1 Å². The number of halogens is 1. The maximum atomic E-state index is 12.0. The fourth-order valence-electron chi connectivity index (χ4n) is 2.13. The minimum absolute atomic E-state index is 0.0937. The summed E-state index contributed by atoms with van der Waals surface area (Å²) in [4.78, 5) is 13.1. The quantitative estimate of drug-likeness (QED) is 0.929. The van der Waals surface area contributed by atoms with Gasteiger partial charge in [0.05, 0.1) is 0 Å². The second kappa shape index (κ2) is 4.76. The molecule has 0 saturated heterocycles. The summed E-state index contributed by atoms with van der Waals surface area (Å²) in [6, 6.07) is 2.08. The Kier molecular flexibility index (Phi) is 3.59. The van der Waals surface area contributed by atoms with Crippen LogP contribution >= 0.6 is 27.3 Å². The monoisotopic (exact) mass is 287 g/mol. The number of Topliss-reactive ketones (excluding diaryl/α,β-unsaturated/α-hetero) is 1. The van der Waals surface area contributed by atoms with Crippen LogP contribution in [0.4, 0.5) is 0 Å². The van der Waals surface area contributed by atoms with Crippen molar-refractivity contribution in [3.63, 3.8) is 0 Å². The molecule has 1 heterocycles. The van der Waals surface area contributed by atoms with Gasteiger partial charge in [0.2, 0.25) is 0 Å². The highest BCUT2D eigenvalue weighted by molar-refractivity contribution is 9.10. The Morgan fingerprint density at radius 2 is 2.40 bits per heavy atom. The molecule has 0 aliphatic heterocycles. The standard InChI is InChI=1S/C11H14BrNOS/c12-8-4-5-15-11(8)6-10(14)7-2-1-3-9(7)13/h4-5,7,9H,1-3,6,13H2/t7-,9+/m0/s1. The van der Waals surface area contributed by atoms with Crippen LogP contribution in [0.2, 0.25) is 0 Å². The zero-order chi connectivity index (χ0) is 10.8. The summed E-state index contributed by atoms with van der Waals surface area (Å²) in [7, 11) is 0. The first-order valence-corrected chi connectivity index (χ1v) is 6.86. The van der Waals surface area contributed by atoms with Crippen LogP contribution in [0.3, 0.4) is 0 Å². The smallest absolute Gasteiger partial charge is 0.142 e. The van der Waals surface area contributed by atoms with E-state index >= 15 is 0 Å². The lowest BCUT2D eigenvalue weighted by Crippen LogP contribution is -2.31. The average Bonchev–Trinajstić information content (AvgIpc) is 2.76. The summed E-state index contributed by atoms with van der Waals surface area (Å²) in [6.07, 6.45) is 3.62. The summed E-state index contributed by atoms with van der Waals surface area (Å²) in [5, 5.41) is 2.00. The third-order valence-electron chi connectivity index (χ3n) is 3.01. The molecule has 1 aliphatic carbocycles. The number of thiophene rings is 1. The van der Waals surface area contributed by atoms with E-state index in [1.807, 2.05) is 11.4 Å². The molecule has 0 unspecified atom stereocenters. The fourth-order valence-corrected chi connectivity index (χ4v) is 3.63. The molecule has 82 valence electrons. The number of hydrogen-bond acceptors (Lipinski definition) is 3. The van der Waals surface area contributed by atoms with E-state index in [2.05, 4.69) is 15.9 Å². The lowest BCUT2D eigenvalue weighted by molar-refractivity contribution is -0.122. The number of hydrogen-bond donors (Lipinski definition) is 1. The Bertz CT molecular complexity index is 363. The van der Waals surface area contributed by atoms with Gasteiger partial charge in [-0.2, -0.15) is 0 Å². The third-order valence-corrected chi connectivity index (χ3v) is 4.94. The van der Waals surface area contributed by atoms with Crippen molar-refractivity contribution < 1.29 is 4.79 Å². The van der Waals surface area contributed by atoms with Crippen molar-refractivity contribution in [2.75, 3.05) is 0 Å². The molecule has 2 nitrogen and oxygen atoms in total. The van der Waals surface area contributed by atoms with Gasteiger partial charge >= 0.3 is 0 Å². The molecule has 0 bridgehead atoms. The number of carbonyl (C=O) groups excluding carboxylic acids is 1. The fraction of sp³-hybridized carbons (Fsp3) is 0.545. The molecule has 1 aromatic rings. The number of carbonyl (C=O) groups is 1. The molecule has 0 aromatic carbocycles. The Balaban J connectivity index is 2.01. The molecule has 4 heteroatoms. The van der Waals surface area contributed by atoms with Crippen LogP contribution in [-0.4, -0.2) is 11.8 Å². The van der Waals surface area contributed by atoms with Gasteiger partial charge < -0.3 is 5.73 Å². The first kappa shape index (κ1) is 11.3. The van der Waals surface area contributed by atoms with Crippen molar-refractivity contribution in [1.29, 1.82) is 0 Å². The lowest BCUT2D eigenvalue weighted by atomic mass is 9.96. The van der Waals surface area contributed by atoms with E-state index in [9.17, 15) is 4.79 Å². The predicted octanol–water partition coefficient (Wildman–Crippen LogP) is 2.75. The van der Waals surface area contributed by atoms with Gasteiger partial charge in [0.1, 0.15) is 5.78 Å². The molecule has 2 rings (SSSR count). The van der Waals surface area contributed by atoms with Crippen LogP contribution in [0.1, 0.15) is 24.1 Å². The zero-order valence-corrected chi connectivity index (χ0v) is 10.8. The summed E-state index contributed by atoms with van der Waals surface area (Å²) in [5.41, 5.74) is 5.92. The van der Waals surface area contributed by atoms with Crippen LogP contribution < -0.4 is 5.73 Å². The van der Waals surface area contributed by atoms with Crippen LogP contribution in [0, 0.1) is 5.92 Å². The second-order valence-corrected chi connectivity index (χ2v) is 5.89. The highest BCUT2D eigenvalue weighted by atomic mass is 79.9. The molecular formula is C11H14BrNOS. The molecule has 0 amide bonds. The Morgan fingerprint density at radius 3 is 2.93 bits per heavy atom. The van der Waals surface area contributed by atoms with Crippen molar-refractivity contribution in [2.24, 2.45) is 11.7 Å². The van der Waals surface area contributed by atoms with Crippen molar-refractivity contribution in [3.8, 4) is 0 Å². The zero-order valence-electron chi connectivity index (χ0n) is 8.41. The lowest BCUT2D eigenvalue weighted by Gasteiger charge is -2.13. The van der Waals surface area contributed by atoms with Crippen molar-refractivity contribution in [2.45, 2.75) is 31.7 Å². The van der Waals surface area contributed by atoms with Crippen molar-refractivity contribution in [3.05, 3.63) is 20.8 Å². The number of rotatable bonds is 3. The largest absolute Gasteiger partial charge is 0.327 e. The van der Waals surface area contributed by atoms with Crippen LogP contribution in [0.25, 0.3) is 0 Å². The summed E-state index contributed by atoms with van der Waals surface area (Å²) in [5.74, 6) is 0.405. The minimum Gasteiger partial charge on any atom is -0.327 e. The second-order valence-electron chi connectivity index (χ2n) is 4.04. The molecule has 0 radical (unpaired) electrons. The van der Waals surface area contributed by atoms with E-state index in [0.29, 0.717) is 12.2 Å². The van der Waals surface area contributed by atoms with Gasteiger partial charge in [-0.15, -0.1) is 11.3 Å². The van der Waals surface area contributed by atoms with E-state index < -0.39 is 0 Å². The van der Waals surface area contributed by atoms with Crippen LogP contribution in [0.5, 0.6) is 0 Å². The van der Waals surface area contributed by atoms with E-state index in [0.717, 1.165) is 28.6 Å². The van der Waals surface area contributed by atoms with Gasteiger partial charge in [-0.25, -0.2) is 0 Å². The van der Waals surface area contributed by atoms with Crippen LogP contribution in [0.15, 0.2) is 15.9 Å². The SMILES string of the molecule is N[C@@H]1CCC[C@@H]1C(=O)Cc1sccc1Br. The van der Waals surface area contributed by atoms with E-state index in [1.165, 1.54) is 0 Å². The summed E-state index contributed by atoms with van der Waals surface area (Å²) < 4.78 is 1.05. The van der Waals surface area contributed by atoms with Gasteiger partial charge in [-0.3, -0.25) is 4.79 Å². The van der Waals surface area contributed by atoms with E-state index in [-0.39, 0.29) is 12.0 Å². The molecule has 2 atom stereocenters. The molecule has 15 heavy (non-hydrogen) atoms. The summed E-state index contributed by atoms with van der Waals surface area (Å²) in [6.45, 7) is 0.